The lowest BCUT2D eigenvalue weighted by Crippen LogP contribution is -2.08. The third kappa shape index (κ3) is 3.83. The van der Waals surface area contributed by atoms with Crippen molar-refractivity contribution in [3.05, 3.63) is 96.1 Å². The Hall–Kier alpha value is -3.34. The van der Waals surface area contributed by atoms with Gasteiger partial charge in [0.05, 0.1) is 16.8 Å². The average Bonchev–Trinajstić information content (AvgIpc) is 2.72. The van der Waals surface area contributed by atoms with Crippen molar-refractivity contribution in [2.24, 2.45) is 0 Å². The van der Waals surface area contributed by atoms with Gasteiger partial charge in [-0.2, -0.15) is 13.2 Å². The number of aromatic nitrogens is 1. The molecule has 0 saturated carbocycles. The molecule has 0 atom stereocenters. The third-order valence-corrected chi connectivity index (χ3v) is 4.55. The van der Waals surface area contributed by atoms with E-state index in [1.165, 1.54) is 6.07 Å². The van der Waals surface area contributed by atoms with Gasteiger partial charge in [-0.05, 0) is 29.8 Å². The zero-order valence-corrected chi connectivity index (χ0v) is 14.9. The summed E-state index contributed by atoms with van der Waals surface area (Å²) >= 11 is 0. The molecule has 140 valence electrons. The Morgan fingerprint density at radius 1 is 0.786 bits per heavy atom. The van der Waals surface area contributed by atoms with Crippen molar-refractivity contribution in [2.75, 3.05) is 5.32 Å². The summed E-state index contributed by atoms with van der Waals surface area (Å²) in [6, 6.07) is 24.7. The summed E-state index contributed by atoms with van der Waals surface area (Å²) < 4.78 is 39.7. The van der Waals surface area contributed by atoms with Crippen molar-refractivity contribution < 1.29 is 13.2 Å². The number of rotatable bonds is 4. The van der Waals surface area contributed by atoms with Gasteiger partial charge < -0.3 is 5.32 Å². The average molecular weight is 378 g/mol. The largest absolute Gasteiger partial charge is 0.416 e. The minimum Gasteiger partial charge on any atom is -0.380 e. The Labute approximate surface area is 160 Å². The second-order valence-electron chi connectivity index (χ2n) is 6.49. The number of anilines is 1. The summed E-state index contributed by atoms with van der Waals surface area (Å²) in [6.45, 7) is 0.419. The summed E-state index contributed by atoms with van der Waals surface area (Å²) in [5.74, 6) is 0. The quantitative estimate of drug-likeness (QED) is 0.436. The maximum atomic E-state index is 13.2. The van der Waals surface area contributed by atoms with E-state index >= 15 is 0 Å². The summed E-state index contributed by atoms with van der Waals surface area (Å²) in [5.41, 5.74) is 2.76. The SMILES string of the molecule is FC(F)(F)c1ccc(-c2ccc3ccccc3n2)c(NCc2ccccc2)c1. The Morgan fingerprint density at radius 2 is 1.54 bits per heavy atom. The Morgan fingerprint density at radius 3 is 2.32 bits per heavy atom. The molecule has 1 N–H and O–H groups in total. The second-order valence-corrected chi connectivity index (χ2v) is 6.49. The molecule has 0 aliphatic heterocycles. The summed E-state index contributed by atoms with van der Waals surface area (Å²) in [4.78, 5) is 4.63. The highest BCUT2D eigenvalue weighted by Gasteiger charge is 2.31. The molecule has 1 heterocycles. The van der Waals surface area contributed by atoms with Gasteiger partial charge in [-0.25, -0.2) is 4.98 Å². The second kappa shape index (κ2) is 7.35. The van der Waals surface area contributed by atoms with Crippen molar-refractivity contribution in [2.45, 2.75) is 12.7 Å². The number of hydrogen-bond acceptors (Lipinski definition) is 2. The van der Waals surface area contributed by atoms with Gasteiger partial charge in [0.25, 0.3) is 0 Å². The predicted molar refractivity (Wildman–Crippen MR) is 106 cm³/mol. The van der Waals surface area contributed by atoms with Gasteiger partial charge in [-0.15, -0.1) is 0 Å². The van der Waals surface area contributed by atoms with E-state index in [9.17, 15) is 13.2 Å². The maximum Gasteiger partial charge on any atom is 0.416 e. The fourth-order valence-corrected chi connectivity index (χ4v) is 3.10. The minimum atomic E-state index is -4.40. The van der Waals surface area contributed by atoms with Crippen LogP contribution in [0.15, 0.2) is 84.9 Å². The highest BCUT2D eigenvalue weighted by molar-refractivity contribution is 5.84. The number of benzene rings is 3. The molecule has 2 nitrogen and oxygen atoms in total. The van der Waals surface area contributed by atoms with Crippen LogP contribution in [-0.2, 0) is 12.7 Å². The normalized spacial score (nSPS) is 11.5. The molecule has 0 aliphatic rings. The predicted octanol–water partition coefficient (Wildman–Crippen LogP) is 6.53. The molecule has 0 unspecified atom stereocenters. The van der Waals surface area contributed by atoms with Crippen molar-refractivity contribution in [1.82, 2.24) is 4.98 Å². The van der Waals surface area contributed by atoms with Gasteiger partial charge in [0, 0.05) is 23.2 Å². The molecule has 4 aromatic rings. The van der Waals surface area contributed by atoms with Gasteiger partial charge >= 0.3 is 6.18 Å². The first-order chi connectivity index (χ1) is 13.5. The minimum absolute atomic E-state index is 0.404. The summed E-state index contributed by atoms with van der Waals surface area (Å²) in [6.07, 6.45) is -4.40. The molecule has 0 radical (unpaired) electrons. The van der Waals surface area contributed by atoms with E-state index in [0.29, 0.717) is 23.5 Å². The monoisotopic (exact) mass is 378 g/mol. The van der Waals surface area contributed by atoms with Gasteiger partial charge in [-0.1, -0.05) is 60.7 Å². The molecule has 0 spiro atoms. The van der Waals surface area contributed by atoms with E-state index in [-0.39, 0.29) is 0 Å². The van der Waals surface area contributed by atoms with Crippen LogP contribution in [0.25, 0.3) is 22.2 Å². The zero-order valence-electron chi connectivity index (χ0n) is 14.9. The van der Waals surface area contributed by atoms with E-state index in [0.717, 1.165) is 28.6 Å². The molecule has 0 fully saturated rings. The molecule has 5 heteroatoms. The third-order valence-electron chi connectivity index (χ3n) is 4.55. The first-order valence-electron chi connectivity index (χ1n) is 8.86. The summed E-state index contributed by atoms with van der Waals surface area (Å²) in [7, 11) is 0. The molecule has 4 rings (SSSR count). The summed E-state index contributed by atoms with van der Waals surface area (Å²) in [5, 5.41) is 4.13. The number of para-hydroxylation sites is 1. The van der Waals surface area contributed by atoms with Crippen molar-refractivity contribution in [1.29, 1.82) is 0 Å². The molecule has 28 heavy (non-hydrogen) atoms. The van der Waals surface area contributed by atoms with E-state index in [1.54, 1.807) is 0 Å². The van der Waals surface area contributed by atoms with Crippen LogP contribution < -0.4 is 5.32 Å². The molecular weight excluding hydrogens is 361 g/mol. The fraction of sp³-hybridized carbons (Fsp3) is 0.0870. The van der Waals surface area contributed by atoms with Crippen molar-refractivity contribution >= 4 is 16.6 Å². The van der Waals surface area contributed by atoms with E-state index < -0.39 is 11.7 Å². The van der Waals surface area contributed by atoms with Gasteiger partial charge in [-0.3, -0.25) is 0 Å². The Kier molecular flexibility index (Phi) is 4.74. The van der Waals surface area contributed by atoms with E-state index in [4.69, 9.17) is 0 Å². The molecule has 3 aromatic carbocycles. The standard InChI is InChI=1S/C23H17F3N2/c24-23(25,26)18-11-12-19(21-13-10-17-8-4-5-9-20(17)28-21)22(14-18)27-15-16-6-2-1-3-7-16/h1-14,27H,15H2. The van der Waals surface area contributed by atoms with E-state index in [2.05, 4.69) is 10.3 Å². The zero-order chi connectivity index (χ0) is 19.6. The van der Waals surface area contributed by atoms with Crippen molar-refractivity contribution in [3.8, 4) is 11.3 Å². The Bertz CT molecular complexity index is 1110. The first-order valence-corrected chi connectivity index (χ1v) is 8.86. The van der Waals surface area contributed by atoms with E-state index in [1.807, 2.05) is 66.7 Å². The molecule has 0 bridgehead atoms. The van der Waals surface area contributed by atoms with Crippen LogP contribution >= 0.6 is 0 Å². The number of alkyl halides is 3. The number of nitrogens with one attached hydrogen (secondary N) is 1. The number of pyridine rings is 1. The van der Waals surface area contributed by atoms with Crippen LogP contribution in [-0.4, -0.2) is 4.98 Å². The molecule has 0 aliphatic carbocycles. The molecule has 0 saturated heterocycles. The van der Waals surface area contributed by atoms with Gasteiger partial charge in [0.15, 0.2) is 0 Å². The number of halogens is 3. The Balaban J connectivity index is 1.76. The molecule has 0 amide bonds. The maximum absolute atomic E-state index is 13.2. The van der Waals surface area contributed by atoms with Gasteiger partial charge in [0.2, 0.25) is 0 Å². The fourth-order valence-electron chi connectivity index (χ4n) is 3.10. The highest BCUT2D eigenvalue weighted by atomic mass is 19.4. The highest BCUT2D eigenvalue weighted by Crippen LogP contribution is 2.36. The van der Waals surface area contributed by atoms with Crippen molar-refractivity contribution in [3.63, 3.8) is 0 Å². The number of hydrogen-bond donors (Lipinski definition) is 1. The van der Waals surface area contributed by atoms with Crippen LogP contribution in [0, 0.1) is 0 Å². The number of fused-ring (bicyclic) bond motifs is 1. The lowest BCUT2D eigenvalue weighted by atomic mass is 10.0. The first kappa shape index (κ1) is 18.0. The van der Waals surface area contributed by atoms with Gasteiger partial charge in [0.1, 0.15) is 0 Å². The molecular formula is C23H17F3N2. The van der Waals surface area contributed by atoms with Crippen LogP contribution in [0.4, 0.5) is 18.9 Å². The smallest absolute Gasteiger partial charge is 0.380 e. The van der Waals surface area contributed by atoms with Crippen LogP contribution in [0.1, 0.15) is 11.1 Å². The lowest BCUT2D eigenvalue weighted by molar-refractivity contribution is -0.137. The lowest BCUT2D eigenvalue weighted by Gasteiger charge is -2.15. The number of nitrogens with zero attached hydrogens (tertiary/aromatic N) is 1. The van der Waals surface area contributed by atoms with Crippen LogP contribution in [0.3, 0.4) is 0 Å². The van der Waals surface area contributed by atoms with Crippen LogP contribution in [0.5, 0.6) is 0 Å². The molecule has 1 aromatic heterocycles. The topological polar surface area (TPSA) is 24.9 Å². The van der Waals surface area contributed by atoms with Crippen LogP contribution in [0.2, 0.25) is 0 Å².